The lowest BCUT2D eigenvalue weighted by Crippen LogP contribution is -2.32. The third-order valence-electron chi connectivity index (χ3n) is 5.33. The highest BCUT2D eigenvalue weighted by atomic mass is 32.2. The van der Waals surface area contributed by atoms with Crippen molar-refractivity contribution in [2.45, 2.75) is 43.3 Å². The molecule has 1 aromatic heterocycles. The Morgan fingerprint density at radius 1 is 1.17 bits per heavy atom. The van der Waals surface area contributed by atoms with Gasteiger partial charge in [-0.25, -0.2) is 0 Å². The maximum absolute atomic E-state index is 12.7. The van der Waals surface area contributed by atoms with E-state index in [4.69, 9.17) is 4.74 Å². The van der Waals surface area contributed by atoms with E-state index in [1.54, 1.807) is 24.2 Å². The van der Waals surface area contributed by atoms with Crippen molar-refractivity contribution in [3.05, 3.63) is 49.6 Å². The van der Waals surface area contributed by atoms with Gasteiger partial charge in [-0.3, -0.25) is 9.36 Å². The second kappa shape index (κ2) is 11.0. The molecule has 30 heavy (non-hydrogen) atoms. The number of carbonyl (C=O) groups excluding carboxylic acids is 1. The van der Waals surface area contributed by atoms with Gasteiger partial charge in [0.2, 0.25) is 5.91 Å². The van der Waals surface area contributed by atoms with Gasteiger partial charge in [-0.2, -0.15) is 0 Å². The summed E-state index contributed by atoms with van der Waals surface area (Å²) >= 11 is 1.46. The molecule has 0 radical (unpaired) electrons. The monoisotopic (exact) mass is 426 g/mol. The zero-order valence-corrected chi connectivity index (χ0v) is 18.4. The fourth-order valence-electron chi connectivity index (χ4n) is 3.79. The van der Waals surface area contributed by atoms with E-state index >= 15 is 0 Å². The van der Waals surface area contributed by atoms with E-state index in [1.165, 1.54) is 31.0 Å². The van der Waals surface area contributed by atoms with Crippen LogP contribution in [0.3, 0.4) is 0 Å². The highest BCUT2D eigenvalue weighted by Crippen LogP contribution is 2.36. The van der Waals surface area contributed by atoms with Gasteiger partial charge >= 0.3 is 0 Å². The van der Waals surface area contributed by atoms with E-state index in [2.05, 4.69) is 27.9 Å². The van der Waals surface area contributed by atoms with Crippen LogP contribution >= 0.6 is 11.8 Å². The summed E-state index contributed by atoms with van der Waals surface area (Å²) in [6, 6.07) is 8.26. The quantitative estimate of drug-likeness (QED) is 0.405. The fourth-order valence-corrected chi connectivity index (χ4v) is 4.70. The molecule has 0 unspecified atom stereocenters. The van der Waals surface area contributed by atoms with Crippen molar-refractivity contribution in [2.24, 2.45) is 0 Å². The third kappa shape index (κ3) is 5.33. The minimum atomic E-state index is 0.0454. The molecular weight excluding hydrogens is 396 g/mol. The Balaban J connectivity index is 1.84. The molecule has 6 nitrogen and oxygen atoms in total. The predicted octanol–water partition coefficient (Wildman–Crippen LogP) is 4.75. The zero-order valence-electron chi connectivity index (χ0n) is 17.6. The average Bonchev–Trinajstić information content (AvgIpc) is 3.22. The summed E-state index contributed by atoms with van der Waals surface area (Å²) in [6.07, 6.45) is 9.39. The summed E-state index contributed by atoms with van der Waals surface area (Å²) < 4.78 is 7.52. The second-order valence-electron chi connectivity index (χ2n) is 7.36. The minimum absolute atomic E-state index is 0.0454. The van der Waals surface area contributed by atoms with Crippen LogP contribution in [0, 0.1) is 0 Å². The van der Waals surface area contributed by atoms with Crippen molar-refractivity contribution in [1.82, 2.24) is 19.7 Å². The van der Waals surface area contributed by atoms with Gasteiger partial charge in [-0.15, -0.1) is 23.4 Å². The van der Waals surface area contributed by atoms with E-state index in [1.807, 2.05) is 24.3 Å². The van der Waals surface area contributed by atoms with Gasteiger partial charge in [0.1, 0.15) is 5.75 Å². The SMILES string of the molecule is C=CCN(CC=C)C(=O)CSc1nnc(-c2ccc(OC)cc2)n1C1CCCCC1. The Bertz CT molecular complexity index is 847. The highest BCUT2D eigenvalue weighted by molar-refractivity contribution is 7.99. The van der Waals surface area contributed by atoms with Crippen molar-refractivity contribution in [3.63, 3.8) is 0 Å². The zero-order chi connectivity index (χ0) is 21.3. The van der Waals surface area contributed by atoms with Crippen LogP contribution in [0.2, 0.25) is 0 Å². The van der Waals surface area contributed by atoms with Crippen LogP contribution < -0.4 is 4.74 Å². The lowest BCUT2D eigenvalue weighted by atomic mass is 9.95. The Kier molecular flexibility index (Phi) is 8.13. The molecule has 2 aromatic rings. The number of amides is 1. The topological polar surface area (TPSA) is 60.3 Å². The summed E-state index contributed by atoms with van der Waals surface area (Å²) in [5.74, 6) is 2.03. The number of aromatic nitrogens is 3. The Hall–Kier alpha value is -2.54. The Labute approximate surface area is 183 Å². The summed E-state index contributed by atoms with van der Waals surface area (Å²) in [4.78, 5) is 14.4. The molecule has 1 aromatic carbocycles. The largest absolute Gasteiger partial charge is 0.497 e. The van der Waals surface area contributed by atoms with Gasteiger partial charge in [0.15, 0.2) is 11.0 Å². The number of rotatable bonds is 10. The number of methoxy groups -OCH3 is 1. The van der Waals surface area contributed by atoms with Crippen LogP contribution in [0.15, 0.2) is 54.7 Å². The molecule has 1 saturated carbocycles. The Morgan fingerprint density at radius 2 is 1.83 bits per heavy atom. The van der Waals surface area contributed by atoms with Crippen molar-refractivity contribution in [1.29, 1.82) is 0 Å². The number of benzene rings is 1. The number of carbonyl (C=O) groups is 1. The van der Waals surface area contributed by atoms with Gasteiger partial charge in [-0.05, 0) is 37.1 Å². The maximum atomic E-state index is 12.7. The van der Waals surface area contributed by atoms with Crippen LogP contribution in [-0.2, 0) is 4.79 Å². The van der Waals surface area contributed by atoms with E-state index in [9.17, 15) is 4.79 Å². The Morgan fingerprint density at radius 3 is 2.43 bits per heavy atom. The first-order valence-electron chi connectivity index (χ1n) is 10.4. The first kappa shape index (κ1) is 22.2. The van der Waals surface area contributed by atoms with Crippen molar-refractivity contribution in [3.8, 4) is 17.1 Å². The number of hydrogen-bond donors (Lipinski definition) is 0. The molecule has 1 heterocycles. The molecule has 7 heteroatoms. The van der Waals surface area contributed by atoms with Crippen LogP contribution in [0.4, 0.5) is 0 Å². The molecule has 0 bridgehead atoms. The first-order chi connectivity index (χ1) is 14.7. The predicted molar refractivity (Wildman–Crippen MR) is 122 cm³/mol. The van der Waals surface area contributed by atoms with Crippen molar-refractivity contribution in [2.75, 3.05) is 26.0 Å². The van der Waals surface area contributed by atoms with Crippen LogP contribution in [0.25, 0.3) is 11.4 Å². The molecule has 160 valence electrons. The first-order valence-corrected chi connectivity index (χ1v) is 11.4. The average molecular weight is 427 g/mol. The number of ether oxygens (including phenoxy) is 1. The van der Waals surface area contributed by atoms with E-state index < -0.39 is 0 Å². The lowest BCUT2D eigenvalue weighted by Gasteiger charge is -2.26. The maximum Gasteiger partial charge on any atom is 0.233 e. The fraction of sp³-hybridized carbons (Fsp3) is 0.435. The smallest absolute Gasteiger partial charge is 0.233 e. The van der Waals surface area contributed by atoms with Crippen LogP contribution in [0.5, 0.6) is 5.75 Å². The molecule has 1 fully saturated rings. The normalized spacial score (nSPS) is 14.3. The molecule has 1 aliphatic carbocycles. The third-order valence-corrected chi connectivity index (χ3v) is 6.26. The number of nitrogens with zero attached hydrogens (tertiary/aromatic N) is 4. The second-order valence-corrected chi connectivity index (χ2v) is 8.30. The van der Waals surface area contributed by atoms with E-state index in [-0.39, 0.29) is 5.91 Å². The molecule has 0 atom stereocenters. The summed E-state index contributed by atoms with van der Waals surface area (Å²) in [5.41, 5.74) is 1.01. The molecular formula is C23H30N4O2S. The number of thioether (sulfide) groups is 1. The van der Waals surface area contributed by atoms with Crippen LogP contribution in [-0.4, -0.2) is 51.5 Å². The lowest BCUT2D eigenvalue weighted by molar-refractivity contribution is -0.127. The molecule has 1 amide bonds. The van der Waals surface area contributed by atoms with E-state index in [0.29, 0.717) is 24.9 Å². The van der Waals surface area contributed by atoms with E-state index in [0.717, 1.165) is 35.1 Å². The molecule has 0 aliphatic heterocycles. The number of hydrogen-bond acceptors (Lipinski definition) is 5. The van der Waals surface area contributed by atoms with Gasteiger partial charge in [-0.1, -0.05) is 43.2 Å². The molecule has 0 spiro atoms. The summed E-state index contributed by atoms with van der Waals surface area (Å²) in [7, 11) is 1.66. The highest BCUT2D eigenvalue weighted by Gasteiger charge is 2.24. The van der Waals surface area contributed by atoms with Gasteiger partial charge in [0, 0.05) is 24.7 Å². The summed E-state index contributed by atoms with van der Waals surface area (Å²) in [6.45, 7) is 8.50. The van der Waals surface area contributed by atoms with Gasteiger partial charge in [0.25, 0.3) is 0 Å². The summed E-state index contributed by atoms with van der Waals surface area (Å²) in [5, 5.41) is 9.78. The molecule has 0 N–H and O–H groups in total. The molecule has 0 saturated heterocycles. The van der Waals surface area contributed by atoms with Crippen molar-refractivity contribution >= 4 is 17.7 Å². The van der Waals surface area contributed by atoms with Crippen molar-refractivity contribution < 1.29 is 9.53 Å². The molecule has 3 rings (SSSR count). The van der Waals surface area contributed by atoms with Gasteiger partial charge in [0.05, 0.1) is 12.9 Å². The van der Waals surface area contributed by atoms with Gasteiger partial charge < -0.3 is 9.64 Å². The molecule has 1 aliphatic rings. The minimum Gasteiger partial charge on any atom is -0.497 e. The van der Waals surface area contributed by atoms with Crippen LogP contribution in [0.1, 0.15) is 38.1 Å². The standard InChI is InChI=1S/C23H30N4O2S/c1-4-15-26(16-5-2)21(28)17-30-23-25-24-22(18-11-13-20(29-3)14-12-18)27(23)19-9-7-6-8-10-19/h4-5,11-14,19H,1-2,6-10,15-17H2,3H3.